The van der Waals surface area contributed by atoms with Crippen LogP contribution in [0.4, 0.5) is 0 Å². The molecular weight excluding hydrogens is 404 g/mol. The first-order valence-electron chi connectivity index (χ1n) is 10.0. The normalized spacial score (nSPS) is 10.6. The number of nitrogens with zero attached hydrogens (tertiary/aromatic N) is 4. The van der Waals surface area contributed by atoms with E-state index in [1.165, 1.54) is 5.56 Å². The summed E-state index contributed by atoms with van der Waals surface area (Å²) >= 11 is 1.66. The molecular formula is C25H22N4OS. The number of methoxy groups -OCH3 is 1. The van der Waals surface area contributed by atoms with E-state index in [0.717, 1.165) is 45.7 Å². The molecule has 0 atom stereocenters. The first-order valence-corrected chi connectivity index (χ1v) is 11.0. The molecule has 0 aliphatic carbocycles. The predicted octanol–water partition coefficient (Wildman–Crippen LogP) is 5.80. The van der Waals surface area contributed by atoms with Crippen LogP contribution in [0.25, 0.3) is 22.5 Å². The smallest absolute Gasteiger partial charge is 0.191 e. The fourth-order valence-corrected chi connectivity index (χ4v) is 4.43. The van der Waals surface area contributed by atoms with Gasteiger partial charge in [-0.3, -0.25) is 0 Å². The van der Waals surface area contributed by atoms with Crippen LogP contribution in [-0.2, 0) is 12.3 Å². The second kappa shape index (κ2) is 9.50. The number of hydrogen-bond acceptors (Lipinski definition) is 5. The Labute approximate surface area is 186 Å². The van der Waals surface area contributed by atoms with Crippen molar-refractivity contribution in [3.63, 3.8) is 0 Å². The van der Waals surface area contributed by atoms with Gasteiger partial charge < -0.3 is 9.30 Å². The van der Waals surface area contributed by atoms with Crippen molar-refractivity contribution >= 4 is 11.8 Å². The average molecular weight is 427 g/mol. The Kier molecular flexibility index (Phi) is 6.34. The van der Waals surface area contributed by atoms with E-state index in [9.17, 15) is 5.26 Å². The van der Waals surface area contributed by atoms with Gasteiger partial charge in [0.15, 0.2) is 11.0 Å². The number of ether oxygens (including phenoxy) is 1. The van der Waals surface area contributed by atoms with Gasteiger partial charge in [0.1, 0.15) is 5.75 Å². The van der Waals surface area contributed by atoms with Crippen LogP contribution >= 0.6 is 11.8 Å². The molecule has 5 nitrogen and oxygen atoms in total. The van der Waals surface area contributed by atoms with E-state index in [2.05, 4.69) is 52.0 Å². The summed E-state index contributed by atoms with van der Waals surface area (Å²) in [5.74, 6) is 2.38. The lowest BCUT2D eigenvalue weighted by atomic mass is 10.00. The van der Waals surface area contributed by atoms with Crippen molar-refractivity contribution in [2.24, 2.45) is 0 Å². The van der Waals surface area contributed by atoms with Crippen molar-refractivity contribution in [3.8, 4) is 34.3 Å². The van der Waals surface area contributed by atoms with Crippen molar-refractivity contribution in [2.45, 2.75) is 24.4 Å². The summed E-state index contributed by atoms with van der Waals surface area (Å²) in [6, 6.07) is 26.1. The van der Waals surface area contributed by atoms with Gasteiger partial charge >= 0.3 is 0 Å². The number of hydrogen-bond donors (Lipinski definition) is 0. The number of para-hydroxylation sites is 1. The van der Waals surface area contributed by atoms with E-state index in [-0.39, 0.29) is 0 Å². The number of nitriles is 1. The quantitative estimate of drug-likeness (QED) is 0.349. The molecule has 0 N–H and O–H groups in total. The molecule has 1 heterocycles. The van der Waals surface area contributed by atoms with Gasteiger partial charge in [-0.15, -0.1) is 10.2 Å². The second-order valence-corrected chi connectivity index (χ2v) is 7.84. The maximum Gasteiger partial charge on any atom is 0.191 e. The zero-order valence-corrected chi connectivity index (χ0v) is 18.3. The predicted molar refractivity (Wildman–Crippen MR) is 124 cm³/mol. The van der Waals surface area contributed by atoms with Crippen LogP contribution in [-0.4, -0.2) is 21.9 Å². The van der Waals surface area contributed by atoms with Gasteiger partial charge in [0.25, 0.3) is 0 Å². The highest BCUT2D eigenvalue weighted by Crippen LogP contribution is 2.32. The third-order valence-corrected chi connectivity index (χ3v) is 6.10. The van der Waals surface area contributed by atoms with Gasteiger partial charge in [0.2, 0.25) is 0 Å². The van der Waals surface area contributed by atoms with Crippen molar-refractivity contribution in [2.75, 3.05) is 7.11 Å². The molecule has 0 aliphatic heterocycles. The zero-order valence-electron chi connectivity index (χ0n) is 17.4. The highest BCUT2D eigenvalue weighted by Gasteiger charge is 2.16. The van der Waals surface area contributed by atoms with Gasteiger partial charge in [0, 0.05) is 12.3 Å². The first kappa shape index (κ1) is 20.7. The minimum Gasteiger partial charge on any atom is -0.496 e. The molecule has 4 aromatic rings. The maximum absolute atomic E-state index is 9.33. The second-order valence-electron chi connectivity index (χ2n) is 6.89. The van der Waals surface area contributed by atoms with Gasteiger partial charge in [-0.2, -0.15) is 5.26 Å². The number of rotatable bonds is 7. The standard InChI is InChI=1S/C25H22N4OS/c1-3-29-24(22-10-6-7-11-23(22)30-2)27-28-25(29)31-17-18-12-14-19(15-13-18)21-9-5-4-8-20(21)16-26/h4-15H,3,17H2,1-2H3. The third-order valence-electron chi connectivity index (χ3n) is 5.06. The molecule has 0 aliphatic rings. The van der Waals surface area contributed by atoms with Crippen molar-refractivity contribution in [1.29, 1.82) is 5.26 Å². The van der Waals surface area contributed by atoms with Crippen LogP contribution in [0.2, 0.25) is 0 Å². The number of benzene rings is 3. The van der Waals surface area contributed by atoms with Crippen molar-refractivity contribution in [3.05, 3.63) is 83.9 Å². The van der Waals surface area contributed by atoms with Gasteiger partial charge in [0.05, 0.1) is 24.3 Å². The van der Waals surface area contributed by atoms with Gasteiger partial charge in [-0.25, -0.2) is 0 Å². The average Bonchev–Trinajstić information content (AvgIpc) is 3.25. The largest absolute Gasteiger partial charge is 0.496 e. The monoisotopic (exact) mass is 426 g/mol. The van der Waals surface area contributed by atoms with Crippen LogP contribution in [0.5, 0.6) is 5.75 Å². The number of thioether (sulfide) groups is 1. The van der Waals surface area contributed by atoms with Gasteiger partial charge in [-0.05, 0) is 41.8 Å². The molecule has 0 radical (unpaired) electrons. The highest BCUT2D eigenvalue weighted by atomic mass is 32.2. The number of aromatic nitrogens is 3. The summed E-state index contributed by atoms with van der Waals surface area (Å²) in [5, 5.41) is 19.1. The summed E-state index contributed by atoms with van der Waals surface area (Å²) < 4.78 is 7.61. The van der Waals surface area contributed by atoms with Crippen molar-refractivity contribution < 1.29 is 4.74 Å². The minimum absolute atomic E-state index is 0.685. The van der Waals surface area contributed by atoms with E-state index in [1.807, 2.05) is 48.5 Å². The summed E-state index contributed by atoms with van der Waals surface area (Å²) in [7, 11) is 1.67. The SMILES string of the molecule is CCn1c(SCc2ccc(-c3ccccc3C#N)cc2)nnc1-c1ccccc1OC. The molecule has 0 bridgehead atoms. The topological polar surface area (TPSA) is 63.7 Å². The third kappa shape index (κ3) is 4.32. The van der Waals surface area contributed by atoms with Crippen LogP contribution in [0.15, 0.2) is 78.0 Å². The van der Waals surface area contributed by atoms with Crippen LogP contribution in [0, 0.1) is 11.3 Å². The highest BCUT2D eigenvalue weighted by molar-refractivity contribution is 7.98. The van der Waals surface area contributed by atoms with Crippen LogP contribution in [0.3, 0.4) is 0 Å². The molecule has 31 heavy (non-hydrogen) atoms. The molecule has 154 valence electrons. The molecule has 6 heteroatoms. The molecule has 1 aromatic heterocycles. The molecule has 0 saturated carbocycles. The molecule has 0 saturated heterocycles. The fraction of sp³-hybridized carbons (Fsp3) is 0.160. The van der Waals surface area contributed by atoms with E-state index in [4.69, 9.17) is 4.74 Å². The lowest BCUT2D eigenvalue weighted by molar-refractivity contribution is 0.416. The van der Waals surface area contributed by atoms with E-state index < -0.39 is 0 Å². The van der Waals surface area contributed by atoms with Crippen LogP contribution in [0.1, 0.15) is 18.1 Å². The fourth-order valence-electron chi connectivity index (χ4n) is 3.47. The Balaban J connectivity index is 1.52. The maximum atomic E-state index is 9.33. The molecule has 0 spiro atoms. The zero-order chi connectivity index (χ0) is 21.6. The van der Waals surface area contributed by atoms with Gasteiger partial charge in [-0.1, -0.05) is 66.4 Å². The van der Waals surface area contributed by atoms with E-state index in [0.29, 0.717) is 5.56 Å². The Bertz CT molecular complexity index is 1230. The summed E-state index contributed by atoms with van der Waals surface area (Å²) in [6.07, 6.45) is 0. The summed E-state index contributed by atoms with van der Waals surface area (Å²) in [6.45, 7) is 2.86. The Hall–Kier alpha value is -3.56. The Morgan fingerprint density at radius 3 is 2.35 bits per heavy atom. The molecule has 0 fully saturated rings. The Morgan fingerprint density at radius 2 is 1.65 bits per heavy atom. The van der Waals surface area contributed by atoms with E-state index in [1.54, 1.807) is 18.9 Å². The summed E-state index contributed by atoms with van der Waals surface area (Å²) in [4.78, 5) is 0. The van der Waals surface area contributed by atoms with E-state index >= 15 is 0 Å². The molecule has 4 rings (SSSR count). The Morgan fingerprint density at radius 1 is 0.935 bits per heavy atom. The molecule has 3 aromatic carbocycles. The molecule has 0 unspecified atom stereocenters. The minimum atomic E-state index is 0.685. The van der Waals surface area contributed by atoms with Crippen LogP contribution < -0.4 is 4.74 Å². The van der Waals surface area contributed by atoms with Crippen molar-refractivity contribution in [1.82, 2.24) is 14.8 Å². The molecule has 0 amide bonds. The summed E-state index contributed by atoms with van der Waals surface area (Å²) in [5.41, 5.74) is 4.81. The lowest BCUT2D eigenvalue weighted by Gasteiger charge is -2.10. The lowest BCUT2D eigenvalue weighted by Crippen LogP contribution is -2.01. The first-order chi connectivity index (χ1) is 15.2.